The van der Waals surface area contributed by atoms with Gasteiger partial charge in [0.05, 0.1) is 0 Å². The Bertz CT molecular complexity index is 56.3. The fourth-order valence-corrected chi connectivity index (χ4v) is 0. The molecule has 0 amide bonds. The molecule has 36 valence electrons. The lowest BCUT2D eigenvalue weighted by atomic mass is 11.9. The molecule has 0 aromatic carbocycles. The first-order chi connectivity index (χ1) is 2.56. The molecule has 0 bridgehead atoms. The molecule has 0 fully saturated rings. The van der Waals surface area contributed by atoms with Gasteiger partial charge in [0.2, 0.25) is 5.11 Å². The molecular formula is CH4O3PS+. The van der Waals surface area contributed by atoms with Gasteiger partial charge in [-0.15, -0.1) is 0 Å². The molecule has 0 aliphatic rings. The van der Waals surface area contributed by atoms with Crippen molar-refractivity contribution in [2.75, 3.05) is 0 Å². The summed E-state index contributed by atoms with van der Waals surface area (Å²) in [6.45, 7) is 0. The van der Waals surface area contributed by atoms with Gasteiger partial charge >= 0.3 is 7.94 Å². The third-order valence-corrected chi connectivity index (χ3v) is 1.27. The maximum atomic E-state index is 7.89. The quantitative estimate of drug-likeness (QED) is 0.334. The van der Waals surface area contributed by atoms with Crippen molar-refractivity contribution >= 4 is 25.3 Å². The van der Waals surface area contributed by atoms with Crippen molar-refractivity contribution in [3.63, 3.8) is 0 Å². The molecule has 3 N–H and O–H groups in total. The van der Waals surface area contributed by atoms with Gasteiger partial charge in [-0.2, -0.15) is 14.7 Å². The molecule has 0 aliphatic carbocycles. The highest BCUT2D eigenvalue weighted by atomic mass is 32.1. The maximum absolute atomic E-state index is 7.89. The van der Waals surface area contributed by atoms with E-state index in [4.69, 9.17) is 14.7 Å². The van der Waals surface area contributed by atoms with Crippen LogP contribution in [-0.2, 0) is 0 Å². The van der Waals surface area contributed by atoms with Crippen molar-refractivity contribution in [3.8, 4) is 0 Å². The average molecular weight is 127 g/mol. The van der Waals surface area contributed by atoms with E-state index in [0.29, 0.717) is 5.11 Å². The predicted molar refractivity (Wildman–Crippen MR) is 27.2 cm³/mol. The van der Waals surface area contributed by atoms with E-state index in [1.807, 2.05) is 0 Å². The normalized spacial score (nSPS) is 11.2. The van der Waals surface area contributed by atoms with Crippen molar-refractivity contribution in [3.05, 3.63) is 0 Å². The van der Waals surface area contributed by atoms with Gasteiger partial charge in [0.15, 0.2) is 0 Å². The topological polar surface area (TPSA) is 60.7 Å². The van der Waals surface area contributed by atoms with Crippen LogP contribution in [0.1, 0.15) is 0 Å². The zero-order valence-electron chi connectivity index (χ0n) is 2.77. The van der Waals surface area contributed by atoms with Gasteiger partial charge in [-0.05, 0) is 12.2 Å². The van der Waals surface area contributed by atoms with Gasteiger partial charge in [0.1, 0.15) is 0 Å². The Morgan fingerprint density at radius 2 is 1.50 bits per heavy atom. The second-order valence-corrected chi connectivity index (χ2v) is 2.79. The molecule has 0 atom stereocenters. The Morgan fingerprint density at radius 3 is 1.50 bits per heavy atom. The van der Waals surface area contributed by atoms with Crippen molar-refractivity contribution in [2.24, 2.45) is 0 Å². The van der Waals surface area contributed by atoms with Crippen LogP contribution in [0, 0.1) is 0 Å². The molecular weight excluding hydrogens is 123 g/mol. The lowest BCUT2D eigenvalue weighted by molar-refractivity contribution is 0.353. The third-order valence-electron chi connectivity index (χ3n) is 0.141. The van der Waals surface area contributed by atoms with E-state index in [1.165, 1.54) is 0 Å². The van der Waals surface area contributed by atoms with Crippen LogP contribution in [-0.4, -0.2) is 19.8 Å². The standard InChI is InChI=1S/CH4O3PS/c2-5(3,4)1-6/h1-4H/q+1. The number of hydrogen-bond donors (Lipinski definition) is 3. The lowest BCUT2D eigenvalue weighted by Gasteiger charge is -1.88. The van der Waals surface area contributed by atoms with E-state index in [9.17, 15) is 0 Å². The summed E-state index contributed by atoms with van der Waals surface area (Å²) < 4.78 is 0. The van der Waals surface area contributed by atoms with Crippen LogP contribution in [0.5, 0.6) is 0 Å². The summed E-state index contributed by atoms with van der Waals surface area (Å²) >= 11 is 3.96. The number of hydrogen-bond acceptors (Lipinski definition) is 4. The van der Waals surface area contributed by atoms with E-state index in [1.54, 1.807) is 0 Å². The van der Waals surface area contributed by atoms with Crippen molar-refractivity contribution in [1.29, 1.82) is 0 Å². The Kier molecular flexibility index (Phi) is 2.04. The molecule has 0 spiro atoms. The summed E-state index contributed by atoms with van der Waals surface area (Å²) in [4.78, 5) is 23.7. The van der Waals surface area contributed by atoms with Gasteiger partial charge in [-0.25, -0.2) is 0 Å². The second-order valence-electron chi connectivity index (χ2n) is 0.720. The molecule has 0 saturated carbocycles. The Balaban J connectivity index is 3.45. The van der Waals surface area contributed by atoms with Gasteiger partial charge in [-0.1, -0.05) is 0 Å². The summed E-state index contributed by atoms with van der Waals surface area (Å²) in [5.74, 6) is 0. The van der Waals surface area contributed by atoms with Crippen LogP contribution < -0.4 is 0 Å². The highest BCUT2D eigenvalue weighted by Gasteiger charge is 2.24. The minimum Gasteiger partial charge on any atom is -0.188 e. The molecule has 3 nitrogen and oxygen atoms in total. The van der Waals surface area contributed by atoms with E-state index in [0.717, 1.165) is 0 Å². The Morgan fingerprint density at radius 1 is 1.33 bits per heavy atom. The molecule has 0 radical (unpaired) electrons. The average Bonchev–Trinajstić information content (AvgIpc) is 1.35. The van der Waals surface area contributed by atoms with E-state index >= 15 is 0 Å². The van der Waals surface area contributed by atoms with Crippen molar-refractivity contribution in [2.45, 2.75) is 0 Å². The highest BCUT2D eigenvalue weighted by Crippen LogP contribution is 2.40. The van der Waals surface area contributed by atoms with E-state index in [-0.39, 0.29) is 0 Å². The first kappa shape index (κ1) is 6.40. The van der Waals surface area contributed by atoms with Gasteiger partial charge in [0, 0.05) is 0 Å². The minimum atomic E-state index is -3.71. The molecule has 0 saturated heterocycles. The fourth-order valence-electron chi connectivity index (χ4n) is 0. The van der Waals surface area contributed by atoms with Crippen LogP contribution in [0.25, 0.3) is 0 Å². The molecule has 0 rings (SSSR count). The first-order valence-electron chi connectivity index (χ1n) is 1.09. The first-order valence-corrected chi connectivity index (χ1v) is 3.28. The van der Waals surface area contributed by atoms with Crippen molar-refractivity contribution < 1.29 is 14.7 Å². The molecule has 6 heavy (non-hydrogen) atoms. The zero-order chi connectivity index (χ0) is 5.21. The number of rotatable bonds is 1. The van der Waals surface area contributed by atoms with Crippen molar-refractivity contribution in [1.82, 2.24) is 0 Å². The highest BCUT2D eigenvalue weighted by molar-refractivity contribution is 7.96. The summed E-state index contributed by atoms with van der Waals surface area (Å²) in [7, 11) is -3.71. The number of thiocarbonyl (C=S) groups is 1. The molecule has 0 aromatic rings. The third kappa shape index (κ3) is 4.40. The minimum absolute atomic E-state index is 0.549. The lowest BCUT2D eigenvalue weighted by Crippen LogP contribution is -1.83. The molecule has 5 heteroatoms. The summed E-state index contributed by atoms with van der Waals surface area (Å²) in [6.07, 6.45) is 0. The van der Waals surface area contributed by atoms with Crippen LogP contribution in [0.2, 0.25) is 0 Å². The largest absolute Gasteiger partial charge is 0.444 e. The Hall–Kier alpha value is 0.400. The van der Waals surface area contributed by atoms with Gasteiger partial charge in [0.25, 0.3) is 0 Å². The fraction of sp³-hybridized carbons (Fsp3) is 0. The Labute approximate surface area is 40.8 Å². The smallest absolute Gasteiger partial charge is 0.188 e. The van der Waals surface area contributed by atoms with Gasteiger partial charge < -0.3 is 0 Å². The zero-order valence-corrected chi connectivity index (χ0v) is 4.49. The summed E-state index contributed by atoms with van der Waals surface area (Å²) in [5, 5.41) is 0.549. The van der Waals surface area contributed by atoms with E-state index < -0.39 is 7.94 Å². The molecule has 0 aromatic heterocycles. The summed E-state index contributed by atoms with van der Waals surface area (Å²) in [5.41, 5.74) is 0. The molecule has 0 heterocycles. The monoisotopic (exact) mass is 127 g/mol. The summed E-state index contributed by atoms with van der Waals surface area (Å²) in [6, 6.07) is 0. The maximum Gasteiger partial charge on any atom is 0.444 e. The van der Waals surface area contributed by atoms with Crippen LogP contribution in [0.3, 0.4) is 0 Å². The van der Waals surface area contributed by atoms with E-state index in [2.05, 4.69) is 12.2 Å². The van der Waals surface area contributed by atoms with Crippen LogP contribution in [0.4, 0.5) is 0 Å². The molecule has 0 unspecified atom stereocenters. The molecule has 0 aliphatic heterocycles. The predicted octanol–water partition coefficient (Wildman–Crippen LogP) is -0.317. The SMILES string of the molecule is O[P+](O)(O)C=S. The van der Waals surface area contributed by atoms with Gasteiger partial charge in [-0.3, -0.25) is 0 Å². The van der Waals surface area contributed by atoms with Crippen LogP contribution >= 0.6 is 20.2 Å². The second kappa shape index (κ2) is 1.91. The van der Waals surface area contributed by atoms with Crippen LogP contribution in [0.15, 0.2) is 0 Å².